The van der Waals surface area contributed by atoms with Crippen molar-refractivity contribution in [3.05, 3.63) is 30.3 Å². The minimum Gasteiger partial charge on any atom is -0.355 e. The fourth-order valence-corrected chi connectivity index (χ4v) is 4.17. The van der Waals surface area contributed by atoms with Crippen molar-refractivity contribution in [3.63, 3.8) is 0 Å². The Balaban J connectivity index is 1.76. The first-order valence-corrected chi connectivity index (χ1v) is 9.88. The second-order valence-corrected chi connectivity index (χ2v) is 8.44. The Labute approximate surface area is 144 Å². The van der Waals surface area contributed by atoms with E-state index in [1.807, 2.05) is 19.9 Å². The van der Waals surface area contributed by atoms with Crippen molar-refractivity contribution in [2.45, 2.75) is 25.2 Å². The molecule has 6 nitrogen and oxygen atoms in total. The third kappa shape index (κ3) is 5.29. The molecule has 1 amide bonds. The lowest BCUT2D eigenvalue weighted by Gasteiger charge is -2.34. The van der Waals surface area contributed by atoms with Crippen molar-refractivity contribution >= 4 is 15.9 Å². The number of hydrogen-bond donors (Lipinski definition) is 1. The number of amides is 1. The summed E-state index contributed by atoms with van der Waals surface area (Å²) in [5.74, 6) is 0.437. The van der Waals surface area contributed by atoms with Crippen molar-refractivity contribution < 1.29 is 13.2 Å². The number of benzene rings is 1. The van der Waals surface area contributed by atoms with Crippen molar-refractivity contribution in [1.82, 2.24) is 14.5 Å². The smallest absolute Gasteiger partial charge is 0.243 e. The van der Waals surface area contributed by atoms with E-state index in [-0.39, 0.29) is 5.91 Å². The first kappa shape index (κ1) is 18.9. The summed E-state index contributed by atoms with van der Waals surface area (Å²) in [7, 11) is -3.40. The Hall–Kier alpha value is -1.44. The number of carbonyl (C=O) groups is 1. The molecule has 0 aliphatic carbocycles. The lowest BCUT2D eigenvalue weighted by Crippen LogP contribution is -2.50. The molecule has 2 rings (SSSR count). The number of nitrogens with one attached hydrogen (secondary N) is 1. The van der Waals surface area contributed by atoms with Crippen LogP contribution in [0.5, 0.6) is 0 Å². The van der Waals surface area contributed by atoms with Gasteiger partial charge in [0.25, 0.3) is 0 Å². The van der Waals surface area contributed by atoms with Gasteiger partial charge >= 0.3 is 0 Å². The van der Waals surface area contributed by atoms with Crippen LogP contribution >= 0.6 is 0 Å². The predicted octanol–water partition coefficient (Wildman–Crippen LogP) is 1.16. The molecule has 0 aromatic heterocycles. The van der Waals surface area contributed by atoms with E-state index in [2.05, 4.69) is 10.2 Å². The molecule has 134 valence electrons. The molecule has 1 aliphatic heterocycles. The van der Waals surface area contributed by atoms with Gasteiger partial charge in [0.15, 0.2) is 0 Å². The van der Waals surface area contributed by atoms with E-state index in [1.54, 1.807) is 24.3 Å². The number of hydrogen-bond acceptors (Lipinski definition) is 4. The minimum absolute atomic E-state index is 0.0790. The fraction of sp³-hybridized carbons (Fsp3) is 0.588. The highest BCUT2D eigenvalue weighted by Gasteiger charge is 2.28. The maximum absolute atomic E-state index is 12.6. The van der Waals surface area contributed by atoms with Crippen LogP contribution in [0.3, 0.4) is 0 Å². The van der Waals surface area contributed by atoms with Crippen LogP contribution in [0.1, 0.15) is 20.3 Å². The van der Waals surface area contributed by atoms with Gasteiger partial charge in [0.05, 0.1) is 4.90 Å². The Morgan fingerprint density at radius 2 is 1.75 bits per heavy atom. The molecule has 1 N–H and O–H groups in total. The van der Waals surface area contributed by atoms with Crippen LogP contribution in [0.2, 0.25) is 0 Å². The Bertz CT molecular complexity index is 624. The minimum atomic E-state index is -3.40. The summed E-state index contributed by atoms with van der Waals surface area (Å²) in [6.07, 6.45) is 0.545. The number of nitrogens with zero attached hydrogens (tertiary/aromatic N) is 2. The van der Waals surface area contributed by atoms with E-state index >= 15 is 0 Å². The molecule has 7 heteroatoms. The average molecular weight is 353 g/mol. The number of rotatable bonds is 7. The van der Waals surface area contributed by atoms with Crippen LogP contribution in [0.4, 0.5) is 0 Å². The second-order valence-electron chi connectivity index (χ2n) is 6.51. The van der Waals surface area contributed by atoms with Crippen LogP contribution in [-0.4, -0.2) is 62.8 Å². The monoisotopic (exact) mass is 353 g/mol. The number of carbonyl (C=O) groups excluding carboxylic acids is 1. The molecule has 0 atom stereocenters. The normalized spacial score (nSPS) is 17.1. The number of piperazine rings is 1. The topological polar surface area (TPSA) is 69.7 Å². The molecule has 0 saturated carbocycles. The molecule has 0 unspecified atom stereocenters. The zero-order chi connectivity index (χ0) is 17.6. The summed E-state index contributed by atoms with van der Waals surface area (Å²) in [6, 6.07) is 8.55. The maximum Gasteiger partial charge on any atom is 0.243 e. The van der Waals surface area contributed by atoms with E-state index in [0.717, 1.165) is 6.54 Å². The van der Waals surface area contributed by atoms with E-state index in [9.17, 15) is 13.2 Å². The fourth-order valence-electron chi connectivity index (χ4n) is 2.73. The van der Waals surface area contributed by atoms with Crippen LogP contribution in [0, 0.1) is 5.92 Å². The highest BCUT2D eigenvalue weighted by atomic mass is 32.2. The van der Waals surface area contributed by atoms with Crippen LogP contribution < -0.4 is 5.32 Å². The molecule has 1 aliphatic rings. The van der Waals surface area contributed by atoms with E-state index in [1.165, 1.54) is 4.31 Å². The summed E-state index contributed by atoms with van der Waals surface area (Å²) in [5.41, 5.74) is 0. The quantitative estimate of drug-likeness (QED) is 0.798. The average Bonchev–Trinajstić information content (AvgIpc) is 2.55. The summed E-state index contributed by atoms with van der Waals surface area (Å²) in [4.78, 5) is 14.2. The predicted molar refractivity (Wildman–Crippen MR) is 94.1 cm³/mol. The van der Waals surface area contributed by atoms with Crippen molar-refractivity contribution in [1.29, 1.82) is 0 Å². The lowest BCUT2D eigenvalue weighted by atomic mass is 10.1. The Kier molecular flexibility index (Phi) is 6.77. The van der Waals surface area contributed by atoms with Gasteiger partial charge in [-0.1, -0.05) is 32.0 Å². The van der Waals surface area contributed by atoms with Crippen LogP contribution in [0.15, 0.2) is 35.2 Å². The Morgan fingerprint density at radius 3 is 2.33 bits per heavy atom. The largest absolute Gasteiger partial charge is 0.355 e. The number of sulfonamides is 1. The summed E-state index contributed by atoms with van der Waals surface area (Å²) >= 11 is 0. The van der Waals surface area contributed by atoms with Gasteiger partial charge in [-0.15, -0.1) is 0 Å². The third-order valence-electron chi connectivity index (χ3n) is 4.06. The molecule has 1 heterocycles. The lowest BCUT2D eigenvalue weighted by molar-refractivity contribution is -0.121. The van der Waals surface area contributed by atoms with Crippen molar-refractivity contribution in [2.75, 3.05) is 39.3 Å². The molecule has 1 saturated heterocycles. The van der Waals surface area contributed by atoms with Gasteiger partial charge in [-0.2, -0.15) is 4.31 Å². The molecule has 1 fully saturated rings. The molecule has 0 bridgehead atoms. The molecular formula is C17H27N3O3S. The highest BCUT2D eigenvalue weighted by molar-refractivity contribution is 7.89. The van der Waals surface area contributed by atoms with Gasteiger partial charge in [-0.25, -0.2) is 8.42 Å². The van der Waals surface area contributed by atoms with Gasteiger partial charge in [-0.05, 0) is 18.1 Å². The molecule has 0 radical (unpaired) electrons. The van der Waals surface area contributed by atoms with E-state index in [4.69, 9.17) is 0 Å². The summed E-state index contributed by atoms with van der Waals surface area (Å²) < 4.78 is 26.6. The molecule has 24 heavy (non-hydrogen) atoms. The van der Waals surface area contributed by atoms with Crippen molar-refractivity contribution in [2.24, 2.45) is 5.92 Å². The third-order valence-corrected chi connectivity index (χ3v) is 5.97. The summed E-state index contributed by atoms with van der Waals surface area (Å²) in [6.45, 7) is 7.74. The molecular weight excluding hydrogens is 326 g/mol. The zero-order valence-corrected chi connectivity index (χ0v) is 15.3. The molecule has 1 aromatic rings. The van der Waals surface area contributed by atoms with Crippen LogP contribution in [-0.2, 0) is 14.8 Å². The van der Waals surface area contributed by atoms with E-state index in [0.29, 0.717) is 50.0 Å². The first-order chi connectivity index (χ1) is 11.4. The summed E-state index contributed by atoms with van der Waals surface area (Å²) in [5, 5.41) is 2.92. The van der Waals surface area contributed by atoms with E-state index < -0.39 is 10.0 Å². The maximum atomic E-state index is 12.6. The first-order valence-electron chi connectivity index (χ1n) is 8.44. The van der Waals surface area contributed by atoms with Crippen molar-refractivity contribution in [3.8, 4) is 0 Å². The van der Waals surface area contributed by atoms with Crippen LogP contribution in [0.25, 0.3) is 0 Å². The van der Waals surface area contributed by atoms with Gasteiger partial charge in [0.1, 0.15) is 0 Å². The standard InChI is InChI=1S/C17H27N3O3S/c1-15(2)14-17(21)18-8-9-19-10-12-20(13-11-19)24(22,23)16-6-4-3-5-7-16/h3-7,15H,8-14H2,1-2H3,(H,18,21). The second kappa shape index (κ2) is 8.60. The Morgan fingerprint density at radius 1 is 1.12 bits per heavy atom. The van der Waals surface area contributed by atoms with Gasteiger partial charge in [0.2, 0.25) is 15.9 Å². The van der Waals surface area contributed by atoms with Gasteiger partial charge in [-0.3, -0.25) is 9.69 Å². The SMILES string of the molecule is CC(C)CC(=O)NCCN1CCN(S(=O)(=O)c2ccccc2)CC1. The molecule has 1 aromatic carbocycles. The van der Waals surface area contributed by atoms with Gasteiger partial charge in [0, 0.05) is 45.7 Å². The molecule has 0 spiro atoms. The van der Waals surface area contributed by atoms with Gasteiger partial charge < -0.3 is 5.32 Å². The zero-order valence-electron chi connectivity index (χ0n) is 14.4. The highest BCUT2D eigenvalue weighted by Crippen LogP contribution is 2.16.